The van der Waals surface area contributed by atoms with E-state index in [1.54, 1.807) is 4.90 Å². The van der Waals surface area contributed by atoms with E-state index in [-0.39, 0.29) is 24.0 Å². The van der Waals surface area contributed by atoms with Crippen molar-refractivity contribution in [2.45, 2.75) is 76.4 Å². The minimum Gasteiger partial charge on any atom is -0.487 e. The maximum Gasteiger partial charge on any atom is 0.257 e. The van der Waals surface area contributed by atoms with Gasteiger partial charge in [0.15, 0.2) is 0 Å². The van der Waals surface area contributed by atoms with E-state index in [9.17, 15) is 9.59 Å². The highest BCUT2D eigenvalue weighted by molar-refractivity contribution is 6.31. The third-order valence-corrected chi connectivity index (χ3v) is 7.71. The first-order valence-corrected chi connectivity index (χ1v) is 13.5. The molecule has 1 fully saturated rings. The van der Waals surface area contributed by atoms with Gasteiger partial charge in [0, 0.05) is 31.6 Å². The smallest absolute Gasteiger partial charge is 0.257 e. The fourth-order valence-corrected chi connectivity index (χ4v) is 5.56. The van der Waals surface area contributed by atoms with Gasteiger partial charge in [-0.15, -0.1) is 0 Å². The summed E-state index contributed by atoms with van der Waals surface area (Å²) in [6.07, 6.45) is 8.94. The van der Waals surface area contributed by atoms with Crippen LogP contribution in [0.2, 0.25) is 5.02 Å². The van der Waals surface area contributed by atoms with Crippen molar-refractivity contribution >= 4 is 23.4 Å². The molecule has 2 atom stereocenters. The molecular formula is C29H37ClN2O3. The normalized spacial score (nSPS) is 21.9. The largest absolute Gasteiger partial charge is 0.487 e. The molecule has 1 aliphatic heterocycles. The number of aryl methyl sites for hydroxylation is 1. The van der Waals surface area contributed by atoms with Crippen LogP contribution in [0.3, 0.4) is 0 Å². The van der Waals surface area contributed by atoms with Gasteiger partial charge in [-0.25, -0.2) is 0 Å². The molecule has 2 aromatic rings. The Morgan fingerprint density at radius 2 is 1.66 bits per heavy atom. The fraction of sp³-hybridized carbons (Fsp3) is 0.517. The Morgan fingerprint density at radius 1 is 0.943 bits per heavy atom. The average molecular weight is 497 g/mol. The summed E-state index contributed by atoms with van der Waals surface area (Å²) in [5.41, 5.74) is 1.62. The lowest BCUT2D eigenvalue weighted by Gasteiger charge is -2.40. The summed E-state index contributed by atoms with van der Waals surface area (Å²) in [7, 11) is 1.87. The van der Waals surface area contributed by atoms with Crippen molar-refractivity contribution < 1.29 is 14.3 Å². The van der Waals surface area contributed by atoms with Gasteiger partial charge in [0.25, 0.3) is 5.91 Å². The van der Waals surface area contributed by atoms with Crippen molar-refractivity contribution in [2.24, 2.45) is 0 Å². The minimum atomic E-state index is -0.116. The molecule has 5 nitrogen and oxygen atoms in total. The Bertz CT molecular complexity index is 1010. The van der Waals surface area contributed by atoms with Crippen LogP contribution in [0.15, 0.2) is 48.5 Å². The van der Waals surface area contributed by atoms with Crippen LogP contribution in [0.4, 0.5) is 0 Å². The highest BCUT2D eigenvalue weighted by Crippen LogP contribution is 2.31. The molecule has 35 heavy (non-hydrogen) atoms. The van der Waals surface area contributed by atoms with Crippen LogP contribution in [0.1, 0.15) is 73.7 Å². The zero-order valence-electron chi connectivity index (χ0n) is 20.8. The van der Waals surface area contributed by atoms with Gasteiger partial charge in [-0.3, -0.25) is 9.59 Å². The fourth-order valence-electron chi connectivity index (χ4n) is 5.33. The summed E-state index contributed by atoms with van der Waals surface area (Å²) in [5.74, 6) is 0.793. The van der Waals surface area contributed by atoms with E-state index < -0.39 is 0 Å². The summed E-state index contributed by atoms with van der Waals surface area (Å²) in [6, 6.07) is 15.3. The number of nitrogens with zero attached hydrogens (tertiary/aromatic N) is 2. The van der Waals surface area contributed by atoms with Crippen LogP contribution >= 0.6 is 11.6 Å². The number of rotatable bonds is 3. The number of ether oxygens (including phenoxy) is 1. The Balaban J connectivity index is 1.57. The van der Waals surface area contributed by atoms with Gasteiger partial charge >= 0.3 is 0 Å². The highest BCUT2D eigenvalue weighted by atomic mass is 35.5. The summed E-state index contributed by atoms with van der Waals surface area (Å²) in [4.78, 5) is 30.6. The molecule has 2 aliphatic rings. The molecule has 1 heterocycles. The van der Waals surface area contributed by atoms with E-state index in [2.05, 4.69) is 4.90 Å². The van der Waals surface area contributed by atoms with Crippen molar-refractivity contribution in [3.8, 4) is 5.75 Å². The Morgan fingerprint density at radius 3 is 2.49 bits per heavy atom. The zero-order valence-corrected chi connectivity index (χ0v) is 21.5. The second-order valence-corrected chi connectivity index (χ2v) is 10.2. The van der Waals surface area contributed by atoms with E-state index in [1.165, 1.54) is 0 Å². The molecule has 0 aromatic heterocycles. The summed E-state index contributed by atoms with van der Waals surface area (Å²) >= 11 is 6.35. The Kier molecular flexibility index (Phi) is 9.08. The summed E-state index contributed by atoms with van der Waals surface area (Å²) in [5, 5.41) is 0.714. The van der Waals surface area contributed by atoms with Crippen LogP contribution in [0, 0.1) is 0 Å². The third-order valence-electron chi connectivity index (χ3n) is 7.34. The maximum atomic E-state index is 13.6. The second-order valence-electron chi connectivity index (χ2n) is 9.82. The molecule has 0 N–H and O–H groups in total. The van der Waals surface area contributed by atoms with E-state index >= 15 is 0 Å². The average Bonchev–Trinajstić information content (AvgIpc) is 2.87. The summed E-state index contributed by atoms with van der Waals surface area (Å²) in [6.45, 7) is 1.47. The number of carbonyl (C=O) groups is 2. The lowest BCUT2D eigenvalue weighted by atomic mass is 9.90. The maximum absolute atomic E-state index is 13.6. The van der Waals surface area contributed by atoms with E-state index in [0.29, 0.717) is 29.2 Å². The van der Waals surface area contributed by atoms with Gasteiger partial charge in [-0.05, 0) is 62.3 Å². The number of amides is 2. The molecule has 188 valence electrons. The zero-order chi connectivity index (χ0) is 24.6. The number of hydrogen-bond acceptors (Lipinski definition) is 3. The van der Waals surface area contributed by atoms with Crippen molar-refractivity contribution in [3.05, 3.63) is 64.7 Å². The van der Waals surface area contributed by atoms with Crippen LogP contribution in [0.5, 0.6) is 5.75 Å². The lowest BCUT2D eigenvalue weighted by molar-refractivity contribution is -0.136. The molecular weight excluding hydrogens is 460 g/mol. The monoisotopic (exact) mass is 496 g/mol. The third kappa shape index (κ3) is 6.58. The van der Waals surface area contributed by atoms with Gasteiger partial charge in [0.2, 0.25) is 5.91 Å². The predicted molar refractivity (Wildman–Crippen MR) is 140 cm³/mol. The number of halogens is 1. The molecule has 0 spiro atoms. The van der Waals surface area contributed by atoms with Gasteiger partial charge < -0.3 is 14.5 Å². The Labute approximate surface area is 214 Å². The minimum absolute atomic E-state index is 0.00214. The highest BCUT2D eigenvalue weighted by Gasteiger charge is 2.35. The first-order chi connectivity index (χ1) is 17.0. The van der Waals surface area contributed by atoms with E-state index in [4.69, 9.17) is 16.3 Å². The topological polar surface area (TPSA) is 49.9 Å². The van der Waals surface area contributed by atoms with Gasteiger partial charge in [-0.1, -0.05) is 61.2 Å². The van der Waals surface area contributed by atoms with Crippen LogP contribution in [-0.4, -0.2) is 53.9 Å². The number of fused-ring (bicyclic) bond motifs is 2. The molecule has 0 saturated heterocycles. The summed E-state index contributed by atoms with van der Waals surface area (Å²) < 4.78 is 6.56. The molecule has 1 aliphatic carbocycles. The standard InChI is InChI=1S/C29H37ClN2O3/c1-31-20-10-2-3-11-21-32(28(33)19-18-22-12-4-6-14-24(22)30)25-15-7-9-17-27(25)35-26-16-8-5-13-23(26)29(31)34/h4-6,8,12-14,16,25,27H,2-3,7,9-11,15,17-21H2,1H3/t25-,27+/m1/s1. The molecule has 1 saturated carbocycles. The van der Waals surface area contributed by atoms with Crippen LogP contribution in [0.25, 0.3) is 0 Å². The Hall–Kier alpha value is -2.53. The molecule has 4 rings (SSSR count). The van der Waals surface area contributed by atoms with Crippen LogP contribution in [-0.2, 0) is 11.2 Å². The molecule has 6 heteroatoms. The van der Waals surface area contributed by atoms with Crippen molar-refractivity contribution in [3.63, 3.8) is 0 Å². The lowest BCUT2D eigenvalue weighted by Crippen LogP contribution is -2.51. The molecule has 2 aromatic carbocycles. The number of carbonyl (C=O) groups excluding carboxylic acids is 2. The first-order valence-electron chi connectivity index (χ1n) is 13.1. The molecule has 0 unspecified atom stereocenters. The molecule has 2 amide bonds. The van der Waals surface area contributed by atoms with Crippen molar-refractivity contribution in [1.82, 2.24) is 9.80 Å². The number of para-hydroxylation sites is 1. The van der Waals surface area contributed by atoms with Gasteiger partial charge in [0.1, 0.15) is 11.9 Å². The second kappa shape index (κ2) is 12.4. The van der Waals surface area contributed by atoms with Crippen molar-refractivity contribution in [2.75, 3.05) is 20.1 Å². The van der Waals surface area contributed by atoms with Gasteiger partial charge in [0.05, 0.1) is 11.6 Å². The number of hydrogen-bond donors (Lipinski definition) is 0. The van der Waals surface area contributed by atoms with E-state index in [1.807, 2.05) is 55.6 Å². The number of benzene rings is 2. The van der Waals surface area contributed by atoms with Gasteiger partial charge in [-0.2, -0.15) is 0 Å². The predicted octanol–water partition coefficient (Wildman–Crippen LogP) is 6.14. The SMILES string of the molecule is CN1CCCCCCN(C(=O)CCc2ccccc2Cl)[C@@H]2CCCC[C@@H]2Oc2ccccc2C1=O. The van der Waals surface area contributed by atoms with Crippen molar-refractivity contribution in [1.29, 1.82) is 0 Å². The molecule has 0 radical (unpaired) electrons. The quantitative estimate of drug-likeness (QED) is 0.513. The first kappa shape index (κ1) is 25.6. The van der Waals surface area contributed by atoms with Crippen LogP contribution < -0.4 is 4.74 Å². The molecule has 0 bridgehead atoms. The van der Waals surface area contributed by atoms with E-state index in [0.717, 1.165) is 70.0 Å².